The van der Waals surface area contributed by atoms with Crippen LogP contribution in [0.1, 0.15) is 12.8 Å². The van der Waals surface area contributed by atoms with Crippen molar-refractivity contribution in [2.75, 3.05) is 23.1 Å². The van der Waals surface area contributed by atoms with Crippen LogP contribution >= 0.6 is 11.6 Å². The van der Waals surface area contributed by atoms with E-state index in [0.717, 1.165) is 22.5 Å². The molecule has 160 valence electrons. The molecule has 30 heavy (non-hydrogen) atoms. The standard InChI is InChI=1S/C19H18ClF2N3O4S/c20-14-5-1-2-6-16(14)23-17-10-13(9-15(21)19(17)22)24-30(28,29)25-7-3-4-12(11-25)8-18(26)27/h1-2,5-6,8-10,23-24H,3-4,7,11H2,(H,26,27)/b12-8-. The van der Waals surface area contributed by atoms with Crippen molar-refractivity contribution in [3.05, 3.63) is 64.7 Å². The highest BCUT2D eigenvalue weighted by Gasteiger charge is 2.27. The summed E-state index contributed by atoms with van der Waals surface area (Å²) in [6, 6.07) is 8.26. The fraction of sp³-hybridized carbons (Fsp3) is 0.211. The van der Waals surface area contributed by atoms with Crippen LogP contribution in [-0.2, 0) is 15.0 Å². The molecule has 1 aliphatic rings. The largest absolute Gasteiger partial charge is 0.478 e. The Morgan fingerprint density at radius 1 is 1.20 bits per heavy atom. The number of nitrogens with one attached hydrogen (secondary N) is 2. The van der Waals surface area contributed by atoms with E-state index in [4.69, 9.17) is 16.7 Å². The maximum atomic E-state index is 14.2. The second kappa shape index (κ2) is 8.99. The van der Waals surface area contributed by atoms with Crippen LogP contribution in [0.15, 0.2) is 48.0 Å². The third-order valence-electron chi connectivity index (χ3n) is 4.37. The molecular weight excluding hydrogens is 440 g/mol. The van der Waals surface area contributed by atoms with E-state index in [2.05, 4.69) is 10.0 Å². The Morgan fingerprint density at radius 3 is 2.63 bits per heavy atom. The van der Waals surface area contributed by atoms with Crippen LogP contribution in [0.2, 0.25) is 5.02 Å². The summed E-state index contributed by atoms with van der Waals surface area (Å²) in [7, 11) is -4.13. The van der Waals surface area contributed by atoms with E-state index in [9.17, 15) is 22.0 Å². The first-order valence-corrected chi connectivity index (χ1v) is 10.7. The zero-order valence-electron chi connectivity index (χ0n) is 15.5. The second-order valence-corrected chi connectivity index (χ2v) is 8.69. The number of hydrogen-bond acceptors (Lipinski definition) is 4. The molecule has 0 spiro atoms. The van der Waals surface area contributed by atoms with Gasteiger partial charge in [0, 0.05) is 25.2 Å². The molecule has 0 atom stereocenters. The normalized spacial score (nSPS) is 16.4. The van der Waals surface area contributed by atoms with E-state index in [1.54, 1.807) is 24.3 Å². The van der Waals surface area contributed by atoms with Crippen molar-refractivity contribution < 1.29 is 27.1 Å². The summed E-state index contributed by atoms with van der Waals surface area (Å²) in [5.74, 6) is -3.61. The van der Waals surface area contributed by atoms with E-state index in [-0.39, 0.29) is 29.5 Å². The Morgan fingerprint density at radius 2 is 1.93 bits per heavy atom. The smallest absolute Gasteiger partial charge is 0.328 e. The van der Waals surface area contributed by atoms with Gasteiger partial charge in [0.2, 0.25) is 0 Å². The van der Waals surface area contributed by atoms with E-state index in [0.29, 0.717) is 24.1 Å². The molecule has 3 rings (SSSR count). The number of hydrogen-bond donors (Lipinski definition) is 3. The number of carboxylic acids is 1. The second-order valence-electron chi connectivity index (χ2n) is 6.61. The number of anilines is 3. The predicted molar refractivity (Wildman–Crippen MR) is 110 cm³/mol. The van der Waals surface area contributed by atoms with Gasteiger partial charge in [-0.05, 0) is 36.6 Å². The van der Waals surface area contributed by atoms with Crippen molar-refractivity contribution in [3.8, 4) is 0 Å². The molecule has 0 aromatic heterocycles. The quantitative estimate of drug-likeness (QED) is 0.566. The van der Waals surface area contributed by atoms with Crippen LogP contribution in [0, 0.1) is 11.6 Å². The van der Waals surface area contributed by atoms with E-state index in [1.165, 1.54) is 0 Å². The zero-order valence-corrected chi connectivity index (χ0v) is 17.1. The summed E-state index contributed by atoms with van der Waals surface area (Å²) in [5.41, 5.74) is 0.270. The van der Waals surface area contributed by atoms with Crippen LogP contribution in [0.3, 0.4) is 0 Å². The van der Waals surface area contributed by atoms with Crippen LogP contribution in [0.5, 0.6) is 0 Å². The lowest BCUT2D eigenvalue weighted by molar-refractivity contribution is -0.131. The fourth-order valence-corrected chi connectivity index (χ4v) is 4.46. The number of carboxylic acid groups (broad SMARTS) is 1. The number of rotatable bonds is 6. The van der Waals surface area contributed by atoms with Crippen LogP contribution in [0.4, 0.5) is 25.8 Å². The first-order valence-electron chi connectivity index (χ1n) is 8.86. The zero-order chi connectivity index (χ0) is 21.9. The lowest BCUT2D eigenvalue weighted by Gasteiger charge is -2.28. The molecule has 1 heterocycles. The van der Waals surface area contributed by atoms with Gasteiger partial charge in [0.05, 0.1) is 22.1 Å². The van der Waals surface area contributed by atoms with Gasteiger partial charge in [-0.25, -0.2) is 13.6 Å². The predicted octanol–water partition coefficient (Wildman–Crippen LogP) is 4.13. The Labute approximate surface area is 177 Å². The number of aliphatic carboxylic acids is 1. The molecule has 0 saturated carbocycles. The van der Waals surface area contributed by atoms with Gasteiger partial charge in [-0.1, -0.05) is 23.7 Å². The molecule has 3 N–H and O–H groups in total. The minimum absolute atomic E-state index is 0.101. The van der Waals surface area contributed by atoms with Crippen molar-refractivity contribution in [2.45, 2.75) is 12.8 Å². The van der Waals surface area contributed by atoms with Gasteiger partial charge in [-0.2, -0.15) is 12.7 Å². The Balaban J connectivity index is 1.84. The maximum Gasteiger partial charge on any atom is 0.328 e. The van der Waals surface area contributed by atoms with Crippen LogP contribution in [0.25, 0.3) is 0 Å². The van der Waals surface area contributed by atoms with Gasteiger partial charge in [0.25, 0.3) is 0 Å². The van der Waals surface area contributed by atoms with Gasteiger partial charge >= 0.3 is 16.2 Å². The number of para-hydroxylation sites is 1. The molecule has 11 heteroatoms. The fourth-order valence-electron chi connectivity index (χ4n) is 3.02. The molecule has 2 aromatic rings. The molecule has 0 bridgehead atoms. The van der Waals surface area contributed by atoms with Gasteiger partial charge < -0.3 is 10.4 Å². The molecule has 0 aliphatic carbocycles. The minimum Gasteiger partial charge on any atom is -0.478 e. The van der Waals surface area contributed by atoms with Crippen molar-refractivity contribution in [3.63, 3.8) is 0 Å². The highest BCUT2D eigenvalue weighted by Crippen LogP contribution is 2.30. The molecular formula is C19H18ClF2N3O4S. The number of halogens is 3. The molecule has 1 aliphatic heterocycles. The third kappa shape index (κ3) is 5.26. The first-order chi connectivity index (χ1) is 14.2. The van der Waals surface area contributed by atoms with Crippen LogP contribution < -0.4 is 10.0 Å². The summed E-state index contributed by atoms with van der Waals surface area (Å²) in [4.78, 5) is 10.8. The minimum atomic E-state index is -4.13. The topological polar surface area (TPSA) is 98.7 Å². The van der Waals surface area contributed by atoms with Gasteiger partial charge in [0.15, 0.2) is 11.6 Å². The molecule has 0 amide bonds. The first kappa shape index (κ1) is 22.0. The lowest BCUT2D eigenvalue weighted by Crippen LogP contribution is -2.40. The highest BCUT2D eigenvalue weighted by molar-refractivity contribution is 7.90. The van der Waals surface area contributed by atoms with Crippen molar-refractivity contribution >= 4 is 44.8 Å². The molecule has 0 unspecified atom stereocenters. The third-order valence-corrected chi connectivity index (χ3v) is 6.19. The molecule has 7 nitrogen and oxygen atoms in total. The van der Waals surface area contributed by atoms with Crippen molar-refractivity contribution in [1.29, 1.82) is 0 Å². The molecule has 0 radical (unpaired) electrons. The van der Waals surface area contributed by atoms with Gasteiger partial charge in [-0.3, -0.25) is 4.72 Å². The summed E-state index contributed by atoms with van der Waals surface area (Å²) in [6.07, 6.45) is 1.89. The number of carbonyl (C=O) groups is 1. The molecule has 2 aromatic carbocycles. The monoisotopic (exact) mass is 457 g/mol. The van der Waals surface area contributed by atoms with Gasteiger partial charge in [-0.15, -0.1) is 0 Å². The van der Waals surface area contributed by atoms with Crippen molar-refractivity contribution in [2.24, 2.45) is 0 Å². The highest BCUT2D eigenvalue weighted by atomic mass is 35.5. The lowest BCUT2D eigenvalue weighted by atomic mass is 10.1. The van der Waals surface area contributed by atoms with Gasteiger partial charge in [0.1, 0.15) is 0 Å². The summed E-state index contributed by atoms with van der Waals surface area (Å²) < 4.78 is 57.0. The Bertz CT molecular complexity index is 1110. The average molecular weight is 458 g/mol. The van der Waals surface area contributed by atoms with Crippen molar-refractivity contribution in [1.82, 2.24) is 4.31 Å². The Kier molecular flexibility index (Phi) is 6.59. The van der Waals surface area contributed by atoms with Crippen LogP contribution in [-0.4, -0.2) is 36.9 Å². The summed E-state index contributed by atoms with van der Waals surface area (Å²) >= 11 is 6.02. The van der Waals surface area contributed by atoms with E-state index >= 15 is 0 Å². The molecule has 1 saturated heterocycles. The number of benzene rings is 2. The number of nitrogens with zero attached hydrogens (tertiary/aromatic N) is 1. The SMILES string of the molecule is O=C(O)/C=C1/CCCN(S(=O)(=O)Nc2cc(F)c(F)c(Nc3ccccc3Cl)c2)C1. The maximum absolute atomic E-state index is 14.2. The Hall–Kier alpha value is -2.69. The molecule has 1 fully saturated rings. The van der Waals surface area contributed by atoms with E-state index in [1.807, 2.05) is 0 Å². The summed E-state index contributed by atoms with van der Waals surface area (Å²) in [6.45, 7) is 0.0662. The summed E-state index contributed by atoms with van der Waals surface area (Å²) in [5, 5.41) is 11.8. The van der Waals surface area contributed by atoms with E-state index < -0.39 is 27.8 Å². The number of piperidine rings is 1. The average Bonchev–Trinajstić information content (AvgIpc) is 2.67.